The number of nitrogens with zero attached hydrogens (tertiary/aromatic N) is 3. The molecular weight excluding hydrogens is 376 g/mol. The minimum Gasteiger partial charge on any atom is -0.326 e. The molecule has 1 aliphatic rings. The summed E-state index contributed by atoms with van der Waals surface area (Å²) in [5.41, 5.74) is 0.877. The third kappa shape index (κ3) is 5.46. The quantitative estimate of drug-likeness (QED) is 0.753. The average molecular weight is 405 g/mol. The van der Waals surface area contributed by atoms with E-state index in [4.69, 9.17) is 11.6 Å². The highest BCUT2D eigenvalue weighted by Crippen LogP contribution is 2.32. The zero-order chi connectivity index (χ0) is 20.7. The fourth-order valence-corrected chi connectivity index (χ4v) is 3.77. The number of nitrogens with one attached hydrogen (secondary N) is 1. The third-order valence-corrected chi connectivity index (χ3v) is 5.79. The van der Waals surface area contributed by atoms with Gasteiger partial charge >= 0.3 is 0 Å². The van der Waals surface area contributed by atoms with E-state index in [-0.39, 0.29) is 24.9 Å². The van der Waals surface area contributed by atoms with Gasteiger partial charge in [-0.15, -0.1) is 0 Å². The highest BCUT2D eigenvalue weighted by Gasteiger charge is 2.39. The van der Waals surface area contributed by atoms with Crippen molar-refractivity contribution in [2.45, 2.75) is 51.5 Å². The molecule has 0 spiro atoms. The number of carbonyl (C=O) groups is 2. The third-order valence-electron chi connectivity index (χ3n) is 5.55. The van der Waals surface area contributed by atoms with Gasteiger partial charge in [-0.2, -0.15) is 5.26 Å². The van der Waals surface area contributed by atoms with Gasteiger partial charge in [0.25, 0.3) is 0 Å². The van der Waals surface area contributed by atoms with E-state index < -0.39 is 5.54 Å². The summed E-state index contributed by atoms with van der Waals surface area (Å²) in [6.45, 7) is 4.57. The number of anilines is 1. The van der Waals surface area contributed by atoms with E-state index in [1.165, 1.54) is 0 Å². The Morgan fingerprint density at radius 3 is 2.54 bits per heavy atom. The molecule has 0 heterocycles. The molecule has 2 rings (SSSR count). The van der Waals surface area contributed by atoms with Crippen molar-refractivity contribution >= 4 is 29.1 Å². The summed E-state index contributed by atoms with van der Waals surface area (Å²) in [4.78, 5) is 28.6. The highest BCUT2D eigenvalue weighted by atomic mass is 35.5. The van der Waals surface area contributed by atoms with Crippen molar-refractivity contribution in [3.63, 3.8) is 0 Å². The molecule has 1 aromatic rings. The lowest BCUT2D eigenvalue weighted by Crippen LogP contribution is -2.53. The molecule has 0 aromatic heterocycles. The van der Waals surface area contributed by atoms with Gasteiger partial charge in [0, 0.05) is 17.8 Å². The number of halogens is 1. The van der Waals surface area contributed by atoms with E-state index in [1.807, 2.05) is 19.9 Å². The minimum absolute atomic E-state index is 0.0988. The first kappa shape index (κ1) is 22.2. The predicted molar refractivity (Wildman–Crippen MR) is 111 cm³/mol. The van der Waals surface area contributed by atoms with Gasteiger partial charge in [-0.25, -0.2) is 0 Å². The van der Waals surface area contributed by atoms with Gasteiger partial charge in [-0.1, -0.05) is 43.9 Å². The Kier molecular flexibility index (Phi) is 7.85. The second-order valence-corrected chi connectivity index (χ2v) is 7.90. The van der Waals surface area contributed by atoms with Crippen molar-refractivity contribution in [1.29, 1.82) is 5.26 Å². The lowest BCUT2D eigenvalue weighted by molar-refractivity contribution is -0.136. The van der Waals surface area contributed by atoms with Crippen LogP contribution in [0.25, 0.3) is 0 Å². The number of benzene rings is 1. The molecule has 1 fully saturated rings. The van der Waals surface area contributed by atoms with Gasteiger partial charge in [0.1, 0.15) is 5.54 Å². The maximum absolute atomic E-state index is 12.8. The van der Waals surface area contributed by atoms with Gasteiger partial charge in [0.15, 0.2) is 0 Å². The fraction of sp³-hybridized carbons (Fsp3) is 0.571. The lowest BCUT2D eigenvalue weighted by atomic mass is 9.81. The Hall–Kier alpha value is -2.10. The van der Waals surface area contributed by atoms with Gasteiger partial charge in [-0.05, 0) is 44.0 Å². The number of carbonyl (C=O) groups excluding carboxylic acids is 2. The number of amides is 2. The van der Waals surface area contributed by atoms with Crippen molar-refractivity contribution in [3.8, 4) is 6.07 Å². The zero-order valence-electron chi connectivity index (χ0n) is 16.9. The second kappa shape index (κ2) is 9.90. The summed E-state index contributed by atoms with van der Waals surface area (Å²) in [7, 11) is 1.71. The van der Waals surface area contributed by atoms with E-state index in [2.05, 4.69) is 11.4 Å². The molecule has 7 heteroatoms. The number of hydrogen-bond donors (Lipinski definition) is 1. The van der Waals surface area contributed by atoms with Crippen LogP contribution in [0.1, 0.15) is 44.6 Å². The van der Waals surface area contributed by atoms with Crippen LogP contribution >= 0.6 is 11.6 Å². The van der Waals surface area contributed by atoms with Crippen molar-refractivity contribution in [3.05, 3.63) is 28.8 Å². The van der Waals surface area contributed by atoms with Crippen LogP contribution in [0.4, 0.5) is 5.69 Å². The first-order valence-corrected chi connectivity index (χ1v) is 10.2. The molecule has 0 radical (unpaired) electrons. The smallest absolute Gasteiger partial charge is 0.238 e. The zero-order valence-corrected chi connectivity index (χ0v) is 17.7. The van der Waals surface area contributed by atoms with Crippen molar-refractivity contribution < 1.29 is 9.59 Å². The van der Waals surface area contributed by atoms with Crippen LogP contribution in [-0.4, -0.2) is 53.8 Å². The molecule has 6 nitrogen and oxygen atoms in total. The summed E-state index contributed by atoms with van der Waals surface area (Å²) in [6, 6.07) is 7.70. The normalized spacial score (nSPS) is 15.7. The number of rotatable bonds is 7. The molecule has 0 unspecified atom stereocenters. The average Bonchev–Trinajstić information content (AvgIpc) is 2.70. The summed E-state index contributed by atoms with van der Waals surface area (Å²) in [5, 5.41) is 13.1. The number of aryl methyl sites for hydroxylation is 1. The molecule has 0 saturated heterocycles. The van der Waals surface area contributed by atoms with Crippen molar-refractivity contribution in [2.24, 2.45) is 0 Å². The SMILES string of the molecule is CCN(CC(=O)Nc1cc(Cl)ccc1C)CC(=O)N(C)C1(C#N)CCCCC1. The first-order valence-electron chi connectivity index (χ1n) is 9.77. The van der Waals surface area contributed by atoms with Crippen LogP contribution in [0.5, 0.6) is 0 Å². The Morgan fingerprint density at radius 2 is 1.93 bits per heavy atom. The summed E-state index contributed by atoms with van der Waals surface area (Å²) in [6.07, 6.45) is 4.46. The Balaban J connectivity index is 1.97. The molecule has 2 amide bonds. The van der Waals surface area contributed by atoms with Gasteiger partial charge in [-0.3, -0.25) is 14.5 Å². The molecule has 0 atom stereocenters. The van der Waals surface area contributed by atoms with Crippen LogP contribution in [0.2, 0.25) is 5.02 Å². The number of likely N-dealkylation sites (N-methyl/N-ethyl adjacent to an activating group) is 2. The molecule has 0 bridgehead atoms. The minimum atomic E-state index is -0.713. The van der Waals surface area contributed by atoms with E-state index >= 15 is 0 Å². The van der Waals surface area contributed by atoms with Gasteiger partial charge in [0.2, 0.25) is 11.8 Å². The van der Waals surface area contributed by atoms with Gasteiger partial charge in [0.05, 0.1) is 19.2 Å². The molecule has 1 aromatic carbocycles. The predicted octanol–water partition coefficient (Wildman–Crippen LogP) is 3.59. The van der Waals surface area contributed by atoms with E-state index in [1.54, 1.807) is 29.0 Å². The van der Waals surface area contributed by atoms with Crippen LogP contribution in [0.15, 0.2) is 18.2 Å². The molecule has 152 valence electrons. The summed E-state index contributed by atoms with van der Waals surface area (Å²) >= 11 is 6.00. The second-order valence-electron chi connectivity index (χ2n) is 7.47. The van der Waals surface area contributed by atoms with Gasteiger partial charge < -0.3 is 10.2 Å². The van der Waals surface area contributed by atoms with Crippen LogP contribution < -0.4 is 5.32 Å². The Labute approximate surface area is 172 Å². The highest BCUT2D eigenvalue weighted by molar-refractivity contribution is 6.31. The lowest BCUT2D eigenvalue weighted by Gasteiger charge is -2.39. The Morgan fingerprint density at radius 1 is 1.25 bits per heavy atom. The molecular formula is C21H29ClN4O2. The molecule has 1 aliphatic carbocycles. The number of nitriles is 1. The monoisotopic (exact) mass is 404 g/mol. The van der Waals surface area contributed by atoms with Crippen molar-refractivity contribution in [2.75, 3.05) is 32.0 Å². The Bertz CT molecular complexity index is 753. The summed E-state index contributed by atoms with van der Waals surface area (Å²) < 4.78 is 0. The van der Waals surface area contributed by atoms with Crippen LogP contribution in [-0.2, 0) is 9.59 Å². The van der Waals surface area contributed by atoms with Crippen LogP contribution in [0.3, 0.4) is 0 Å². The van der Waals surface area contributed by atoms with E-state index in [0.29, 0.717) is 30.1 Å². The standard InChI is InChI=1S/C21H29ClN4O2/c1-4-26(13-19(27)24-18-12-17(22)9-8-16(18)2)14-20(28)25(3)21(15-23)10-6-5-7-11-21/h8-9,12H,4-7,10-11,13-14H2,1-3H3,(H,24,27). The maximum atomic E-state index is 12.8. The van der Waals surface area contributed by atoms with E-state index in [9.17, 15) is 14.9 Å². The van der Waals surface area contributed by atoms with Crippen molar-refractivity contribution in [1.82, 2.24) is 9.80 Å². The summed E-state index contributed by atoms with van der Waals surface area (Å²) in [5.74, 6) is -0.327. The largest absolute Gasteiger partial charge is 0.326 e. The first-order chi connectivity index (χ1) is 13.3. The van der Waals surface area contributed by atoms with E-state index in [0.717, 1.165) is 24.8 Å². The van der Waals surface area contributed by atoms with Crippen LogP contribution in [0, 0.1) is 18.3 Å². The molecule has 0 aliphatic heterocycles. The molecule has 28 heavy (non-hydrogen) atoms. The fourth-order valence-electron chi connectivity index (χ4n) is 3.60. The molecule has 1 saturated carbocycles. The topological polar surface area (TPSA) is 76.4 Å². The number of hydrogen-bond acceptors (Lipinski definition) is 4. The maximum Gasteiger partial charge on any atom is 0.238 e. The molecule has 1 N–H and O–H groups in total.